The fourth-order valence-corrected chi connectivity index (χ4v) is 2.67. The third kappa shape index (κ3) is 4.32. The van der Waals surface area contributed by atoms with Gasteiger partial charge in [-0.3, -0.25) is 10.1 Å². The van der Waals surface area contributed by atoms with Crippen LogP contribution in [0.2, 0.25) is 0 Å². The second-order valence-electron chi connectivity index (χ2n) is 6.41. The molecule has 2 heterocycles. The summed E-state index contributed by atoms with van der Waals surface area (Å²) in [5.41, 5.74) is 5.05. The number of halogens is 3. The fraction of sp³-hybridized carbons (Fsp3) is 0.100. The van der Waals surface area contributed by atoms with Crippen molar-refractivity contribution in [3.05, 3.63) is 71.4 Å². The van der Waals surface area contributed by atoms with Gasteiger partial charge < -0.3 is 11.1 Å². The van der Waals surface area contributed by atoms with E-state index in [9.17, 15) is 13.2 Å². The zero-order valence-corrected chi connectivity index (χ0v) is 16.1. The minimum absolute atomic E-state index is 0.0876. The molecule has 0 fully saturated rings. The number of aliphatic imine (C=N–C) groups is 1. The minimum atomic E-state index is -3.97. The summed E-state index contributed by atoms with van der Waals surface area (Å²) in [5, 5.41) is 28.2. The molecule has 0 aliphatic heterocycles. The van der Waals surface area contributed by atoms with Crippen molar-refractivity contribution in [2.45, 2.75) is 5.92 Å². The lowest BCUT2D eigenvalue weighted by Crippen LogP contribution is -2.35. The Kier molecular flexibility index (Phi) is 5.65. The smallest absolute Gasteiger partial charge is 0.332 e. The van der Waals surface area contributed by atoms with E-state index >= 15 is 0 Å². The van der Waals surface area contributed by atoms with Crippen molar-refractivity contribution in [3.63, 3.8) is 0 Å². The lowest BCUT2D eigenvalue weighted by molar-refractivity contribution is 0.0707. The van der Waals surface area contributed by atoms with Gasteiger partial charge in [-0.1, -0.05) is 0 Å². The third-order valence-corrected chi connectivity index (χ3v) is 4.24. The van der Waals surface area contributed by atoms with E-state index in [0.717, 1.165) is 18.2 Å². The molecule has 11 heteroatoms. The number of hydrogen-bond donors (Lipinski definition) is 3. The Morgan fingerprint density at radius 1 is 1.26 bits per heavy atom. The molecule has 0 spiro atoms. The van der Waals surface area contributed by atoms with Crippen LogP contribution in [0.3, 0.4) is 0 Å². The third-order valence-electron chi connectivity index (χ3n) is 4.24. The number of nitrogens with two attached hydrogens (primary N) is 1. The lowest BCUT2D eigenvalue weighted by Gasteiger charge is -2.17. The molecule has 4 N–H and O–H groups in total. The molecule has 0 saturated heterocycles. The van der Waals surface area contributed by atoms with E-state index < -0.39 is 29.0 Å². The van der Waals surface area contributed by atoms with E-state index in [0.29, 0.717) is 5.56 Å². The Balaban J connectivity index is 1.81. The van der Waals surface area contributed by atoms with Crippen LogP contribution in [0.25, 0.3) is 10.9 Å². The maximum atomic E-state index is 14.7. The summed E-state index contributed by atoms with van der Waals surface area (Å²) in [6.45, 7) is 0. The lowest BCUT2D eigenvalue weighted by atomic mass is 10.0. The second-order valence-corrected chi connectivity index (χ2v) is 6.41. The molecule has 0 amide bonds. The molecule has 3 aromatic rings. The summed E-state index contributed by atoms with van der Waals surface area (Å²) < 4.78 is 45.3. The Labute approximate surface area is 174 Å². The highest BCUT2D eigenvalue weighted by Crippen LogP contribution is 2.33. The van der Waals surface area contributed by atoms with Crippen LogP contribution in [0.4, 0.5) is 13.2 Å². The van der Waals surface area contributed by atoms with Crippen molar-refractivity contribution < 1.29 is 13.2 Å². The van der Waals surface area contributed by atoms with E-state index in [1.807, 2.05) is 6.07 Å². The van der Waals surface area contributed by atoms with E-state index in [-0.39, 0.29) is 22.3 Å². The van der Waals surface area contributed by atoms with Crippen LogP contribution in [-0.4, -0.2) is 32.1 Å². The minimum Gasteiger partial charge on any atom is -0.382 e. The van der Waals surface area contributed by atoms with Gasteiger partial charge in [-0.05, 0) is 36.4 Å². The van der Waals surface area contributed by atoms with Crippen LogP contribution >= 0.6 is 0 Å². The number of allylic oxidation sites excluding steroid dienone is 1. The van der Waals surface area contributed by atoms with Gasteiger partial charge in [0.2, 0.25) is 0 Å². The Morgan fingerprint density at radius 2 is 2.00 bits per heavy atom. The Bertz CT molecular complexity index is 1280. The molecule has 0 atom stereocenters. The molecule has 0 radical (unpaired) electrons. The summed E-state index contributed by atoms with van der Waals surface area (Å²) in [6.07, 6.45) is 4.69. The normalized spacial score (nSPS) is 12.3. The van der Waals surface area contributed by atoms with Crippen molar-refractivity contribution in [1.82, 2.24) is 14.8 Å². The number of pyridine rings is 1. The molecular formula is C20H15F3N8. The highest BCUT2D eigenvalue weighted by atomic mass is 19.3. The van der Waals surface area contributed by atoms with Crippen molar-refractivity contribution in [2.24, 2.45) is 17.8 Å². The number of hydrogen-bond acceptors (Lipinski definition) is 5. The summed E-state index contributed by atoms with van der Waals surface area (Å²) in [5.74, 6) is -7.08. The van der Waals surface area contributed by atoms with Crippen LogP contribution in [0.1, 0.15) is 16.8 Å². The van der Waals surface area contributed by atoms with Gasteiger partial charge >= 0.3 is 5.92 Å². The molecule has 0 unspecified atom stereocenters. The van der Waals surface area contributed by atoms with Crippen LogP contribution in [0.5, 0.6) is 0 Å². The van der Waals surface area contributed by atoms with Crippen LogP contribution < -0.4 is 5.73 Å². The summed E-state index contributed by atoms with van der Waals surface area (Å²) in [7, 11) is 1.53. The van der Waals surface area contributed by atoms with E-state index in [2.05, 4.69) is 15.1 Å². The van der Waals surface area contributed by atoms with Gasteiger partial charge in [-0.2, -0.15) is 19.1 Å². The molecule has 31 heavy (non-hydrogen) atoms. The molecule has 0 saturated carbocycles. The summed E-state index contributed by atoms with van der Waals surface area (Å²) in [6, 6.07) is 6.85. The molecule has 0 aliphatic rings. The van der Waals surface area contributed by atoms with E-state index in [1.54, 1.807) is 0 Å². The summed E-state index contributed by atoms with van der Waals surface area (Å²) in [4.78, 5) is 7.16. The zero-order chi connectivity index (χ0) is 22.8. The number of nitrogens with zero attached hydrogens (tertiary/aromatic N) is 5. The van der Waals surface area contributed by atoms with Gasteiger partial charge in [0.15, 0.2) is 5.84 Å². The molecular weight excluding hydrogens is 409 g/mol. The highest BCUT2D eigenvalue weighted by Gasteiger charge is 2.40. The molecule has 1 aromatic carbocycles. The number of alkyl halides is 2. The first-order chi connectivity index (χ1) is 14.6. The largest absolute Gasteiger partial charge is 0.382 e. The quantitative estimate of drug-likeness (QED) is 0.428. The molecule has 3 rings (SSSR count). The predicted molar refractivity (Wildman–Crippen MR) is 109 cm³/mol. The SMILES string of the molecule is Cn1cc2c(F)c(C(F)(F)C(N)=NC(=N)/C=C\C(=N)c3ccc(C#N)nc3)ccc2n1. The molecule has 8 nitrogen and oxygen atoms in total. The molecule has 0 aliphatic carbocycles. The predicted octanol–water partition coefficient (Wildman–Crippen LogP) is 3.03. The van der Waals surface area contributed by atoms with Crippen molar-refractivity contribution in [2.75, 3.05) is 0 Å². The molecule has 2 aromatic heterocycles. The Hall–Kier alpha value is -4.33. The van der Waals surface area contributed by atoms with E-state index in [1.165, 1.54) is 42.3 Å². The maximum absolute atomic E-state index is 14.7. The van der Waals surface area contributed by atoms with Gasteiger partial charge in [-0.15, -0.1) is 0 Å². The first-order valence-corrected chi connectivity index (χ1v) is 8.70. The average Bonchev–Trinajstić information content (AvgIpc) is 3.13. The number of amidine groups is 2. The fourth-order valence-electron chi connectivity index (χ4n) is 2.67. The van der Waals surface area contributed by atoms with Crippen LogP contribution in [0, 0.1) is 28.0 Å². The van der Waals surface area contributed by atoms with Gasteiger partial charge in [0.1, 0.15) is 23.4 Å². The number of benzene rings is 1. The van der Waals surface area contributed by atoms with Gasteiger partial charge in [0.05, 0.1) is 22.2 Å². The molecule has 0 bridgehead atoms. The topological polar surface area (TPSA) is 141 Å². The monoisotopic (exact) mass is 424 g/mol. The van der Waals surface area contributed by atoms with Crippen LogP contribution in [-0.2, 0) is 13.0 Å². The average molecular weight is 424 g/mol. The van der Waals surface area contributed by atoms with Crippen molar-refractivity contribution in [1.29, 1.82) is 16.1 Å². The number of rotatable bonds is 5. The van der Waals surface area contributed by atoms with E-state index in [4.69, 9.17) is 21.8 Å². The van der Waals surface area contributed by atoms with Gasteiger partial charge in [0, 0.05) is 25.0 Å². The van der Waals surface area contributed by atoms with Gasteiger partial charge in [0.25, 0.3) is 0 Å². The Morgan fingerprint density at radius 3 is 2.65 bits per heavy atom. The van der Waals surface area contributed by atoms with Crippen molar-refractivity contribution >= 4 is 28.3 Å². The number of nitrogens with one attached hydrogen (secondary N) is 2. The van der Waals surface area contributed by atoms with Gasteiger partial charge in [-0.25, -0.2) is 14.4 Å². The first kappa shape index (κ1) is 21.4. The number of aryl methyl sites for hydroxylation is 1. The summed E-state index contributed by atoms with van der Waals surface area (Å²) >= 11 is 0. The number of aromatic nitrogens is 3. The maximum Gasteiger partial charge on any atom is 0.332 e. The van der Waals surface area contributed by atoms with Crippen LogP contribution in [0.15, 0.2) is 53.8 Å². The second kappa shape index (κ2) is 8.19. The number of fused-ring (bicyclic) bond motifs is 1. The molecule has 156 valence electrons. The van der Waals surface area contributed by atoms with Crippen molar-refractivity contribution in [3.8, 4) is 6.07 Å². The first-order valence-electron chi connectivity index (χ1n) is 8.70. The number of nitriles is 1. The highest BCUT2D eigenvalue weighted by molar-refractivity contribution is 6.11. The standard InChI is InChI=1S/C20H15F3N8/c1-31-10-13-16(30-31)6-4-14(18(13)21)20(22,23)19(27)29-17(26)7-5-15(25)11-2-3-12(8-24)28-9-11/h2-7,9-10,25H,1H3,(H3,26,27,29)/b7-5-,25-15?. The zero-order valence-electron chi connectivity index (χ0n) is 16.1.